The van der Waals surface area contributed by atoms with Crippen molar-refractivity contribution in [3.63, 3.8) is 0 Å². The van der Waals surface area contributed by atoms with Crippen LogP contribution in [0.2, 0.25) is 5.15 Å². The Hall–Kier alpha value is -2.99. The fourth-order valence-electron chi connectivity index (χ4n) is 2.99. The Morgan fingerprint density at radius 2 is 1.88 bits per heavy atom. The van der Waals surface area contributed by atoms with E-state index in [0.717, 1.165) is 33.3 Å². The van der Waals surface area contributed by atoms with Gasteiger partial charge in [0.05, 0.1) is 33.9 Å². The summed E-state index contributed by atoms with van der Waals surface area (Å²) in [5.74, 6) is 0. The third-order valence-corrected chi connectivity index (χ3v) is 4.32. The molecule has 4 aromatic heterocycles. The lowest BCUT2D eigenvalue weighted by molar-refractivity contribution is 0.897. The molecular weight excluding hydrogens is 324 g/mol. The number of benzene rings is 1. The molecule has 5 aromatic rings. The lowest BCUT2D eigenvalue weighted by Gasteiger charge is -2.06. The van der Waals surface area contributed by atoms with Crippen LogP contribution in [0, 0.1) is 6.92 Å². The number of halogens is 1. The molecule has 0 spiro atoms. The van der Waals surface area contributed by atoms with Gasteiger partial charge in [0, 0.05) is 12.3 Å². The minimum absolute atomic E-state index is 0.416. The highest BCUT2D eigenvalue weighted by atomic mass is 35.5. The van der Waals surface area contributed by atoms with Crippen molar-refractivity contribution in [1.82, 2.24) is 29.4 Å². The van der Waals surface area contributed by atoms with E-state index in [2.05, 4.69) is 20.2 Å². The highest BCUT2D eigenvalue weighted by Gasteiger charge is 2.16. The average molecular weight is 335 g/mol. The van der Waals surface area contributed by atoms with Gasteiger partial charge in [-0.1, -0.05) is 29.8 Å². The number of hydrogen-bond donors (Lipinski definition) is 0. The lowest BCUT2D eigenvalue weighted by Crippen LogP contribution is -1.99. The molecule has 5 rings (SSSR count). The van der Waals surface area contributed by atoms with Gasteiger partial charge < -0.3 is 0 Å². The summed E-state index contributed by atoms with van der Waals surface area (Å²) in [6, 6.07) is 11.8. The van der Waals surface area contributed by atoms with Gasteiger partial charge in [-0.15, -0.1) is 0 Å². The first kappa shape index (κ1) is 13.4. The van der Waals surface area contributed by atoms with E-state index in [1.807, 2.05) is 48.0 Å². The predicted molar refractivity (Wildman–Crippen MR) is 92.7 cm³/mol. The summed E-state index contributed by atoms with van der Waals surface area (Å²) in [5, 5.41) is 11.1. The summed E-state index contributed by atoms with van der Waals surface area (Å²) in [5.41, 5.74) is 4.17. The average Bonchev–Trinajstić information content (AvgIpc) is 3.18. The lowest BCUT2D eigenvalue weighted by atomic mass is 10.2. The molecule has 0 unspecified atom stereocenters. The molecule has 0 atom stereocenters. The second-order valence-electron chi connectivity index (χ2n) is 5.61. The van der Waals surface area contributed by atoms with Gasteiger partial charge in [0.2, 0.25) is 0 Å². The van der Waals surface area contributed by atoms with Crippen LogP contribution >= 0.6 is 11.6 Å². The molecule has 0 aliphatic rings. The predicted octanol–water partition coefficient (Wildman–Crippen LogP) is 3.58. The zero-order valence-corrected chi connectivity index (χ0v) is 13.4. The van der Waals surface area contributed by atoms with Gasteiger partial charge in [-0.25, -0.2) is 19.2 Å². The topological polar surface area (TPSA) is 60.9 Å². The highest BCUT2D eigenvalue weighted by molar-refractivity contribution is 6.35. The molecule has 0 saturated carbocycles. The van der Waals surface area contributed by atoms with Crippen LogP contribution in [0.15, 0.2) is 48.8 Å². The highest BCUT2D eigenvalue weighted by Crippen LogP contribution is 2.29. The molecule has 0 amide bonds. The fourth-order valence-corrected chi connectivity index (χ4v) is 3.22. The number of nitrogens with zero attached hydrogens (tertiary/aromatic N) is 6. The first-order valence-corrected chi connectivity index (χ1v) is 7.84. The monoisotopic (exact) mass is 334 g/mol. The van der Waals surface area contributed by atoms with Crippen LogP contribution in [0.4, 0.5) is 0 Å². The Kier molecular flexibility index (Phi) is 2.66. The van der Waals surface area contributed by atoms with Crippen LogP contribution in [0.1, 0.15) is 5.69 Å². The summed E-state index contributed by atoms with van der Waals surface area (Å²) in [4.78, 5) is 8.95. The number of para-hydroxylation sites is 1. The first-order chi connectivity index (χ1) is 11.7. The van der Waals surface area contributed by atoms with E-state index in [0.29, 0.717) is 10.8 Å². The second-order valence-corrected chi connectivity index (χ2v) is 5.97. The van der Waals surface area contributed by atoms with Gasteiger partial charge in [-0.2, -0.15) is 10.2 Å². The van der Waals surface area contributed by atoms with Crippen LogP contribution in [0.5, 0.6) is 0 Å². The Balaban J connectivity index is 1.96. The molecular formula is C17H11ClN6. The Morgan fingerprint density at radius 1 is 1.04 bits per heavy atom. The van der Waals surface area contributed by atoms with Crippen molar-refractivity contribution in [3.05, 3.63) is 59.6 Å². The maximum atomic E-state index is 6.35. The van der Waals surface area contributed by atoms with Crippen molar-refractivity contribution in [1.29, 1.82) is 0 Å². The molecule has 1 aromatic carbocycles. The quantitative estimate of drug-likeness (QED) is 0.440. The van der Waals surface area contributed by atoms with E-state index >= 15 is 0 Å². The summed E-state index contributed by atoms with van der Waals surface area (Å²) in [6.07, 6.45) is 3.52. The largest absolute Gasteiger partial charge is 0.236 e. The summed E-state index contributed by atoms with van der Waals surface area (Å²) in [6.45, 7) is 1.93. The molecule has 0 bridgehead atoms. The van der Waals surface area contributed by atoms with Gasteiger partial charge >= 0.3 is 0 Å². The number of hydrogen-bond acceptors (Lipinski definition) is 4. The summed E-state index contributed by atoms with van der Waals surface area (Å²) >= 11 is 6.35. The van der Waals surface area contributed by atoms with Crippen LogP contribution in [-0.2, 0) is 0 Å². The van der Waals surface area contributed by atoms with Crippen molar-refractivity contribution in [2.45, 2.75) is 6.92 Å². The number of pyridine rings is 1. The smallest absolute Gasteiger partial charge is 0.165 e. The molecule has 0 fully saturated rings. The number of aryl methyl sites for hydroxylation is 1. The molecule has 0 radical (unpaired) electrons. The van der Waals surface area contributed by atoms with Crippen molar-refractivity contribution < 1.29 is 0 Å². The maximum absolute atomic E-state index is 6.35. The van der Waals surface area contributed by atoms with E-state index in [1.165, 1.54) is 0 Å². The Morgan fingerprint density at radius 3 is 2.71 bits per heavy atom. The van der Waals surface area contributed by atoms with Crippen molar-refractivity contribution >= 4 is 39.2 Å². The molecule has 0 N–H and O–H groups in total. The van der Waals surface area contributed by atoms with E-state index in [-0.39, 0.29) is 0 Å². The van der Waals surface area contributed by atoms with Crippen LogP contribution in [0.25, 0.3) is 33.3 Å². The maximum Gasteiger partial charge on any atom is 0.165 e. The number of fused-ring (bicyclic) bond motifs is 5. The molecule has 0 aliphatic heterocycles. The Bertz CT molecular complexity index is 1220. The van der Waals surface area contributed by atoms with Crippen molar-refractivity contribution in [3.8, 4) is 5.69 Å². The second kappa shape index (κ2) is 4.75. The van der Waals surface area contributed by atoms with Gasteiger partial charge in [0.15, 0.2) is 11.3 Å². The minimum atomic E-state index is 0.416. The van der Waals surface area contributed by atoms with Crippen LogP contribution < -0.4 is 0 Å². The SMILES string of the molecule is Cc1cc2nc(Cl)c3cnc4c(cnn4-c4ccccc4)c3n2n1. The van der Waals surface area contributed by atoms with Gasteiger partial charge in [0.1, 0.15) is 5.15 Å². The Labute approximate surface area is 141 Å². The van der Waals surface area contributed by atoms with E-state index in [1.54, 1.807) is 16.9 Å². The van der Waals surface area contributed by atoms with Crippen LogP contribution in [-0.4, -0.2) is 29.4 Å². The normalized spacial score (nSPS) is 11.8. The van der Waals surface area contributed by atoms with Crippen LogP contribution in [0.3, 0.4) is 0 Å². The standard InChI is InChI=1S/C17H11ClN6/c1-10-7-14-21-16(18)12-8-19-17-13(15(12)24(14)22-10)9-20-23(17)11-5-3-2-4-6-11/h2-9H,1H3. The zero-order valence-electron chi connectivity index (χ0n) is 12.7. The summed E-state index contributed by atoms with van der Waals surface area (Å²) < 4.78 is 3.61. The van der Waals surface area contributed by atoms with Gasteiger partial charge in [0.25, 0.3) is 0 Å². The molecule has 24 heavy (non-hydrogen) atoms. The molecule has 4 heterocycles. The minimum Gasteiger partial charge on any atom is -0.236 e. The van der Waals surface area contributed by atoms with E-state index < -0.39 is 0 Å². The van der Waals surface area contributed by atoms with Gasteiger partial charge in [-0.05, 0) is 19.1 Å². The molecule has 0 aliphatic carbocycles. The summed E-state index contributed by atoms with van der Waals surface area (Å²) in [7, 11) is 0. The third kappa shape index (κ3) is 1.77. The molecule has 6 nitrogen and oxygen atoms in total. The molecule has 7 heteroatoms. The fraction of sp³-hybridized carbons (Fsp3) is 0.0588. The van der Waals surface area contributed by atoms with E-state index in [4.69, 9.17) is 11.6 Å². The molecule has 116 valence electrons. The molecule has 0 saturated heterocycles. The van der Waals surface area contributed by atoms with Crippen molar-refractivity contribution in [2.24, 2.45) is 0 Å². The van der Waals surface area contributed by atoms with Crippen molar-refractivity contribution in [2.75, 3.05) is 0 Å². The first-order valence-electron chi connectivity index (χ1n) is 7.46. The third-order valence-electron chi connectivity index (χ3n) is 4.03. The number of rotatable bonds is 1. The zero-order chi connectivity index (χ0) is 16.3. The number of aromatic nitrogens is 6. The van der Waals surface area contributed by atoms with Gasteiger partial charge in [-0.3, -0.25) is 0 Å². The van der Waals surface area contributed by atoms with E-state index in [9.17, 15) is 0 Å².